The molecule has 1 saturated heterocycles. The molecule has 0 aromatic heterocycles. The second kappa shape index (κ2) is 7.54. The third-order valence-corrected chi connectivity index (χ3v) is 5.65. The summed E-state index contributed by atoms with van der Waals surface area (Å²) in [6.45, 7) is 2.49. The number of carbonyl (C=O) groups is 1. The summed E-state index contributed by atoms with van der Waals surface area (Å²) in [6.07, 6.45) is 0.978. The van der Waals surface area contributed by atoms with Crippen LogP contribution in [0.25, 0.3) is 0 Å². The third kappa shape index (κ3) is 4.52. The van der Waals surface area contributed by atoms with Gasteiger partial charge in [0.25, 0.3) is 15.9 Å². The maximum Gasteiger partial charge on any atom is 0.265 e. The van der Waals surface area contributed by atoms with E-state index in [-0.39, 0.29) is 17.6 Å². The number of ether oxygens (including phenoxy) is 2. The quantitative estimate of drug-likeness (QED) is 0.799. The Labute approximate surface area is 138 Å². The smallest absolute Gasteiger partial charge is 0.265 e. The van der Waals surface area contributed by atoms with Crippen LogP contribution in [-0.4, -0.2) is 39.7 Å². The number of hydrogen-bond acceptors (Lipinski definition) is 5. The topological polar surface area (TPSA) is 81.7 Å². The lowest BCUT2D eigenvalue weighted by Gasteiger charge is -2.16. The van der Waals surface area contributed by atoms with Gasteiger partial charge in [0.15, 0.2) is 0 Å². The lowest BCUT2D eigenvalue weighted by molar-refractivity contribution is -0.131. The summed E-state index contributed by atoms with van der Waals surface area (Å²) in [5, 5.41) is 0. The first kappa shape index (κ1) is 17.4. The van der Waals surface area contributed by atoms with Crippen LogP contribution in [0.3, 0.4) is 0 Å². The molecule has 122 valence electrons. The molecule has 0 bridgehead atoms. The number of benzene rings is 1. The van der Waals surface area contributed by atoms with E-state index < -0.39 is 22.0 Å². The maximum atomic E-state index is 12.2. The molecule has 0 radical (unpaired) electrons. The van der Waals surface area contributed by atoms with Crippen LogP contribution in [0, 0.1) is 0 Å². The highest BCUT2D eigenvalue weighted by Gasteiger charge is 2.25. The molecule has 8 heteroatoms. The first-order valence-corrected chi connectivity index (χ1v) is 9.22. The molecular formula is C14H18BrNO5S. The normalized spacial score (nSPS) is 19.8. The van der Waals surface area contributed by atoms with Gasteiger partial charge in [-0.1, -0.05) is 12.1 Å². The Kier molecular flexibility index (Phi) is 5.96. The van der Waals surface area contributed by atoms with Crippen LogP contribution < -0.4 is 4.72 Å². The van der Waals surface area contributed by atoms with Crippen molar-refractivity contribution < 1.29 is 22.7 Å². The zero-order valence-electron chi connectivity index (χ0n) is 12.1. The van der Waals surface area contributed by atoms with Crippen LogP contribution >= 0.6 is 15.9 Å². The first-order valence-electron chi connectivity index (χ1n) is 6.94. The summed E-state index contributed by atoms with van der Waals surface area (Å²) in [4.78, 5) is 12.0. The van der Waals surface area contributed by atoms with Crippen LogP contribution in [0.4, 0.5) is 0 Å². The Morgan fingerprint density at radius 3 is 2.86 bits per heavy atom. The summed E-state index contributed by atoms with van der Waals surface area (Å²) in [5.74, 6) is -0.700. The Hall–Kier alpha value is -0.960. The van der Waals surface area contributed by atoms with Crippen LogP contribution in [0.15, 0.2) is 33.6 Å². The van der Waals surface area contributed by atoms with E-state index in [0.717, 1.165) is 12.8 Å². The number of rotatable bonds is 6. The van der Waals surface area contributed by atoms with Crippen molar-refractivity contribution in [2.45, 2.75) is 36.9 Å². The fourth-order valence-corrected chi connectivity index (χ4v) is 4.08. The molecule has 1 aromatic rings. The van der Waals surface area contributed by atoms with Crippen molar-refractivity contribution in [3.05, 3.63) is 28.7 Å². The van der Waals surface area contributed by atoms with Crippen molar-refractivity contribution in [3.63, 3.8) is 0 Å². The van der Waals surface area contributed by atoms with Crippen molar-refractivity contribution in [3.8, 4) is 0 Å². The second-order valence-corrected chi connectivity index (χ2v) is 7.52. The molecular weight excluding hydrogens is 374 g/mol. The average molecular weight is 392 g/mol. The van der Waals surface area contributed by atoms with Gasteiger partial charge in [0, 0.05) is 11.1 Å². The molecule has 6 nitrogen and oxygen atoms in total. The summed E-state index contributed by atoms with van der Waals surface area (Å²) in [6, 6.07) is 6.29. The molecule has 0 spiro atoms. The van der Waals surface area contributed by atoms with Gasteiger partial charge in [-0.2, -0.15) is 0 Å². The van der Waals surface area contributed by atoms with Gasteiger partial charge in [-0.15, -0.1) is 0 Å². The van der Waals surface area contributed by atoms with Gasteiger partial charge in [-0.25, -0.2) is 13.1 Å². The monoisotopic (exact) mass is 391 g/mol. The van der Waals surface area contributed by atoms with Crippen LogP contribution in [-0.2, 0) is 24.3 Å². The largest absolute Gasteiger partial charge is 0.376 e. The Morgan fingerprint density at radius 1 is 1.50 bits per heavy atom. The molecule has 1 aliphatic rings. The molecule has 1 heterocycles. The fourth-order valence-electron chi connectivity index (χ4n) is 2.04. The molecule has 0 saturated carbocycles. The van der Waals surface area contributed by atoms with Crippen LogP contribution in [0.5, 0.6) is 0 Å². The number of sulfonamides is 1. The van der Waals surface area contributed by atoms with Crippen molar-refractivity contribution in [1.29, 1.82) is 0 Å². The van der Waals surface area contributed by atoms with Crippen LogP contribution in [0.2, 0.25) is 0 Å². The van der Waals surface area contributed by atoms with E-state index in [0.29, 0.717) is 11.1 Å². The molecule has 22 heavy (non-hydrogen) atoms. The van der Waals surface area contributed by atoms with E-state index in [2.05, 4.69) is 15.9 Å². The van der Waals surface area contributed by atoms with Crippen molar-refractivity contribution in [2.24, 2.45) is 0 Å². The van der Waals surface area contributed by atoms with Crippen molar-refractivity contribution in [2.75, 3.05) is 13.2 Å². The highest BCUT2D eigenvalue weighted by atomic mass is 79.9. The highest BCUT2D eigenvalue weighted by molar-refractivity contribution is 9.10. The zero-order chi connectivity index (χ0) is 16.2. The minimum Gasteiger partial charge on any atom is -0.376 e. The number of amides is 1. The van der Waals surface area contributed by atoms with Gasteiger partial charge in [0.1, 0.15) is 11.0 Å². The molecule has 2 unspecified atom stereocenters. The summed E-state index contributed by atoms with van der Waals surface area (Å²) < 4.78 is 37.6. The summed E-state index contributed by atoms with van der Waals surface area (Å²) in [7, 11) is -3.93. The van der Waals surface area contributed by atoms with Gasteiger partial charge in [0.2, 0.25) is 0 Å². The molecule has 1 N–H and O–H groups in total. The molecule has 1 aliphatic heterocycles. The van der Waals surface area contributed by atoms with Gasteiger partial charge < -0.3 is 9.47 Å². The second-order valence-electron chi connectivity index (χ2n) is 5.01. The molecule has 1 fully saturated rings. The predicted octanol–water partition coefficient (Wildman–Crippen LogP) is 1.84. The molecule has 0 aliphatic carbocycles. The predicted molar refractivity (Wildman–Crippen MR) is 83.9 cm³/mol. The van der Waals surface area contributed by atoms with Crippen molar-refractivity contribution in [1.82, 2.24) is 4.72 Å². The van der Waals surface area contributed by atoms with E-state index in [1.165, 1.54) is 13.0 Å². The molecule has 2 rings (SSSR count). The maximum absolute atomic E-state index is 12.2. The first-order chi connectivity index (χ1) is 10.4. The third-order valence-electron chi connectivity index (χ3n) is 3.29. The zero-order valence-corrected chi connectivity index (χ0v) is 14.5. The van der Waals surface area contributed by atoms with Gasteiger partial charge in [0.05, 0.1) is 12.7 Å². The van der Waals surface area contributed by atoms with E-state index in [1.54, 1.807) is 18.2 Å². The van der Waals surface area contributed by atoms with E-state index >= 15 is 0 Å². The summed E-state index contributed by atoms with van der Waals surface area (Å²) >= 11 is 3.16. The molecule has 2 atom stereocenters. The number of hydrogen-bond donors (Lipinski definition) is 1. The standard InChI is InChI=1S/C14H18BrNO5S/c1-10(21-9-11-5-4-8-20-11)14(17)16-22(18,19)13-7-3-2-6-12(13)15/h2-3,6-7,10-11H,4-5,8-9H2,1H3,(H,16,17). The van der Waals surface area contributed by atoms with Crippen LogP contribution in [0.1, 0.15) is 19.8 Å². The van der Waals surface area contributed by atoms with E-state index in [9.17, 15) is 13.2 Å². The van der Waals surface area contributed by atoms with E-state index in [1.807, 2.05) is 4.72 Å². The van der Waals surface area contributed by atoms with Gasteiger partial charge in [-0.05, 0) is 47.8 Å². The van der Waals surface area contributed by atoms with Gasteiger partial charge >= 0.3 is 0 Å². The highest BCUT2D eigenvalue weighted by Crippen LogP contribution is 2.21. The number of carbonyl (C=O) groups excluding carboxylic acids is 1. The Bertz CT molecular complexity index is 628. The lowest BCUT2D eigenvalue weighted by atomic mass is 10.2. The van der Waals surface area contributed by atoms with E-state index in [4.69, 9.17) is 9.47 Å². The number of halogens is 1. The average Bonchev–Trinajstić information content (AvgIpc) is 2.97. The van der Waals surface area contributed by atoms with Crippen molar-refractivity contribution >= 4 is 31.9 Å². The minimum absolute atomic E-state index is 0.00896. The SMILES string of the molecule is CC(OCC1CCCO1)C(=O)NS(=O)(=O)c1ccccc1Br. The molecule has 1 aromatic carbocycles. The summed E-state index contributed by atoms with van der Waals surface area (Å²) in [5.41, 5.74) is 0. The Morgan fingerprint density at radius 2 is 2.23 bits per heavy atom. The lowest BCUT2D eigenvalue weighted by Crippen LogP contribution is -2.39. The fraction of sp³-hybridized carbons (Fsp3) is 0.500. The van der Waals surface area contributed by atoms with Gasteiger partial charge in [-0.3, -0.25) is 4.79 Å². The minimum atomic E-state index is -3.93. The molecule has 1 amide bonds. The Balaban J connectivity index is 1.93. The number of nitrogens with one attached hydrogen (secondary N) is 1.